The number of hydrogen-bond donors (Lipinski definition) is 1. The molecule has 4 saturated heterocycles. The lowest BCUT2D eigenvalue weighted by Gasteiger charge is -2.08. The predicted molar refractivity (Wildman–Crippen MR) is 166 cm³/mol. The molecule has 0 atom stereocenters. The SMILES string of the molecule is C.C.C.CCN1C(=O)CCC1=O.CN1C(=O)CCC1=O.CN1C(=O)CCC1=O.CN1C(=O)CCC1=O.O=C(O)c1ccccc1. The maximum Gasteiger partial charge on any atom is 0.335 e. The lowest BCUT2D eigenvalue weighted by Crippen LogP contribution is -2.28. The van der Waals surface area contributed by atoms with Gasteiger partial charge in [0, 0.05) is 79.1 Å². The summed E-state index contributed by atoms with van der Waals surface area (Å²) in [5.41, 5.74) is 0.331. The van der Waals surface area contributed by atoms with Gasteiger partial charge in [-0.05, 0) is 19.1 Å². The first kappa shape index (κ1) is 44.7. The fraction of sp³-hybridized carbons (Fsp3) is 0.516. The van der Waals surface area contributed by atoms with Crippen LogP contribution in [0.2, 0.25) is 0 Å². The second-order valence-corrected chi connectivity index (χ2v) is 9.24. The van der Waals surface area contributed by atoms with Crippen LogP contribution in [0, 0.1) is 0 Å². The summed E-state index contributed by atoms with van der Waals surface area (Å²) < 4.78 is 0. The summed E-state index contributed by atoms with van der Waals surface area (Å²) in [4.78, 5) is 99.4. The molecule has 4 aliphatic heterocycles. The zero-order valence-electron chi connectivity index (χ0n) is 24.2. The van der Waals surface area contributed by atoms with E-state index < -0.39 is 5.97 Å². The number of amides is 8. The number of imide groups is 4. The minimum absolute atomic E-state index is 0. The molecule has 4 heterocycles. The van der Waals surface area contributed by atoms with E-state index in [9.17, 15) is 43.2 Å². The van der Waals surface area contributed by atoms with Gasteiger partial charge in [-0.1, -0.05) is 40.5 Å². The number of carbonyl (C=O) groups excluding carboxylic acids is 8. The van der Waals surface area contributed by atoms with Gasteiger partial charge in [0.15, 0.2) is 0 Å². The van der Waals surface area contributed by atoms with E-state index in [-0.39, 0.29) is 69.5 Å². The van der Waals surface area contributed by atoms with Crippen LogP contribution in [0.3, 0.4) is 0 Å². The molecule has 0 radical (unpaired) electrons. The van der Waals surface area contributed by atoms with Gasteiger partial charge >= 0.3 is 5.97 Å². The van der Waals surface area contributed by atoms with E-state index in [1.807, 2.05) is 0 Å². The number of carboxylic acids is 1. The highest BCUT2D eigenvalue weighted by Crippen LogP contribution is 2.10. The van der Waals surface area contributed by atoms with Gasteiger partial charge in [-0.3, -0.25) is 58.0 Å². The van der Waals surface area contributed by atoms with E-state index in [4.69, 9.17) is 5.11 Å². The number of benzene rings is 1. The third kappa shape index (κ3) is 14.5. The molecule has 14 nitrogen and oxygen atoms in total. The fourth-order valence-corrected chi connectivity index (χ4v) is 3.62. The van der Waals surface area contributed by atoms with Crippen molar-refractivity contribution in [3.05, 3.63) is 35.9 Å². The third-order valence-corrected chi connectivity index (χ3v) is 6.39. The van der Waals surface area contributed by atoms with E-state index in [0.717, 1.165) is 0 Å². The summed E-state index contributed by atoms with van der Waals surface area (Å²) in [5, 5.41) is 8.38. The maximum atomic E-state index is 10.7. The molecule has 0 bridgehead atoms. The summed E-state index contributed by atoms with van der Waals surface area (Å²) in [6.07, 6.45) is 3.21. The Balaban J connectivity index is -0.000000482. The monoisotopic (exact) mass is 636 g/mol. The topological polar surface area (TPSA) is 187 Å². The van der Waals surface area contributed by atoms with Crippen molar-refractivity contribution >= 4 is 53.2 Å². The van der Waals surface area contributed by atoms with Gasteiger partial charge in [0.1, 0.15) is 0 Å². The molecule has 4 aliphatic rings. The van der Waals surface area contributed by atoms with Crippen LogP contribution in [0.4, 0.5) is 0 Å². The number of rotatable bonds is 2. The molecule has 8 amide bonds. The van der Waals surface area contributed by atoms with Crippen molar-refractivity contribution in [1.29, 1.82) is 0 Å². The van der Waals surface area contributed by atoms with E-state index in [1.54, 1.807) is 37.3 Å². The van der Waals surface area contributed by atoms with Crippen LogP contribution in [0.1, 0.15) is 90.9 Å². The van der Waals surface area contributed by atoms with Crippen molar-refractivity contribution in [3.63, 3.8) is 0 Å². The number of hydrogen-bond acceptors (Lipinski definition) is 9. The van der Waals surface area contributed by atoms with Crippen molar-refractivity contribution in [2.75, 3.05) is 27.7 Å². The molecule has 0 spiro atoms. The van der Waals surface area contributed by atoms with Gasteiger partial charge < -0.3 is 5.11 Å². The van der Waals surface area contributed by atoms with Crippen LogP contribution in [0.15, 0.2) is 30.3 Å². The van der Waals surface area contributed by atoms with Crippen LogP contribution >= 0.6 is 0 Å². The van der Waals surface area contributed by atoms with E-state index in [2.05, 4.69) is 0 Å². The molecule has 1 N–H and O–H groups in total. The Hall–Kier alpha value is -4.75. The normalized spacial score (nSPS) is 16.5. The molecule has 0 aromatic heterocycles. The summed E-state index contributed by atoms with van der Waals surface area (Å²) >= 11 is 0. The van der Waals surface area contributed by atoms with Crippen LogP contribution in [-0.2, 0) is 38.4 Å². The Morgan fingerprint density at radius 1 is 0.533 bits per heavy atom. The second-order valence-electron chi connectivity index (χ2n) is 9.24. The third-order valence-electron chi connectivity index (χ3n) is 6.39. The zero-order chi connectivity index (χ0) is 32.0. The predicted octanol–water partition coefficient (Wildman–Crippen LogP) is 2.74. The molecule has 14 heteroatoms. The molecular formula is C31H48N4O10. The van der Waals surface area contributed by atoms with Gasteiger partial charge in [0.25, 0.3) is 0 Å². The van der Waals surface area contributed by atoms with Crippen LogP contribution in [0.25, 0.3) is 0 Å². The van der Waals surface area contributed by atoms with Gasteiger partial charge in [-0.2, -0.15) is 0 Å². The molecule has 1 aromatic carbocycles. The molecular weight excluding hydrogens is 588 g/mol. The fourth-order valence-electron chi connectivity index (χ4n) is 3.62. The number of carboxylic acid groups (broad SMARTS) is 1. The summed E-state index contributed by atoms with van der Waals surface area (Å²) in [6, 6.07) is 8.30. The Bertz CT molecular complexity index is 1070. The molecule has 5 rings (SSSR count). The quantitative estimate of drug-likeness (QED) is 0.473. The highest BCUT2D eigenvalue weighted by atomic mass is 16.4. The number of aromatic carboxylic acids is 1. The van der Waals surface area contributed by atoms with Crippen molar-refractivity contribution in [1.82, 2.24) is 19.6 Å². The second kappa shape index (κ2) is 21.9. The largest absolute Gasteiger partial charge is 0.478 e. The van der Waals surface area contributed by atoms with E-state index >= 15 is 0 Å². The first-order valence-corrected chi connectivity index (χ1v) is 13.2. The smallest absolute Gasteiger partial charge is 0.335 e. The van der Waals surface area contributed by atoms with Gasteiger partial charge in [-0.25, -0.2) is 4.79 Å². The average Bonchev–Trinajstić information content (AvgIpc) is 3.67. The first-order valence-electron chi connectivity index (χ1n) is 13.2. The molecule has 252 valence electrons. The van der Waals surface area contributed by atoms with Gasteiger partial charge in [0.05, 0.1) is 5.56 Å². The number of carbonyl (C=O) groups is 9. The minimum Gasteiger partial charge on any atom is -0.478 e. The van der Waals surface area contributed by atoms with Crippen molar-refractivity contribution in [3.8, 4) is 0 Å². The molecule has 4 fully saturated rings. The van der Waals surface area contributed by atoms with Gasteiger partial charge in [-0.15, -0.1) is 0 Å². The van der Waals surface area contributed by atoms with Crippen LogP contribution < -0.4 is 0 Å². The summed E-state index contributed by atoms with van der Waals surface area (Å²) in [7, 11) is 4.53. The lowest BCUT2D eigenvalue weighted by atomic mass is 10.2. The Labute approximate surface area is 265 Å². The van der Waals surface area contributed by atoms with E-state index in [0.29, 0.717) is 63.5 Å². The number of likely N-dealkylation sites (tertiary alicyclic amines) is 4. The zero-order valence-corrected chi connectivity index (χ0v) is 24.2. The average molecular weight is 637 g/mol. The Morgan fingerprint density at radius 3 is 0.911 bits per heavy atom. The Morgan fingerprint density at radius 2 is 0.778 bits per heavy atom. The molecule has 45 heavy (non-hydrogen) atoms. The van der Waals surface area contributed by atoms with Crippen LogP contribution in [0.5, 0.6) is 0 Å². The molecule has 1 aromatic rings. The van der Waals surface area contributed by atoms with Crippen molar-refractivity contribution < 1.29 is 48.3 Å². The molecule has 0 aliphatic carbocycles. The molecule has 0 unspecified atom stereocenters. The highest BCUT2D eigenvalue weighted by Gasteiger charge is 2.27. The van der Waals surface area contributed by atoms with Crippen molar-refractivity contribution in [2.45, 2.75) is 80.6 Å². The molecule has 0 saturated carbocycles. The minimum atomic E-state index is -0.879. The summed E-state index contributed by atoms with van der Waals surface area (Å²) in [5.74, 6) is -1.29. The maximum absolute atomic E-state index is 10.7. The standard InChI is InChI=1S/C7H6O2.C6H9NO2.3C5H7NO2.3CH4/c8-7(9)6-4-2-1-3-5-6;1-2-7-5(8)3-4-6(7)9;3*1-6-4(7)2-3-5(6)8;;;/h1-5H,(H,8,9);2-4H2,1H3;3*2-3H2,1H3;3*1H4. The summed E-state index contributed by atoms with van der Waals surface area (Å²) in [6.45, 7) is 2.33. The van der Waals surface area contributed by atoms with Crippen molar-refractivity contribution in [2.24, 2.45) is 0 Å². The van der Waals surface area contributed by atoms with E-state index in [1.165, 1.54) is 40.7 Å². The lowest BCUT2D eigenvalue weighted by molar-refractivity contribution is -0.139. The van der Waals surface area contributed by atoms with Gasteiger partial charge in [0.2, 0.25) is 47.3 Å². The van der Waals surface area contributed by atoms with Crippen LogP contribution in [-0.4, -0.2) is 106 Å². The Kier molecular flexibility index (Phi) is 21.7. The highest BCUT2D eigenvalue weighted by molar-refractivity contribution is 6.03. The first-order chi connectivity index (χ1) is 19.7. The number of nitrogens with zero attached hydrogens (tertiary/aromatic N) is 4.